The summed E-state index contributed by atoms with van der Waals surface area (Å²) in [5.41, 5.74) is 13.4. The molecular formula is C12H17N3O. The van der Waals surface area contributed by atoms with E-state index in [1.54, 1.807) is 24.3 Å². The van der Waals surface area contributed by atoms with E-state index in [1.165, 1.54) is 6.08 Å². The molecule has 0 aromatic heterocycles. The Labute approximate surface area is 95.3 Å². The Bertz CT molecular complexity index is 399. The Morgan fingerprint density at radius 2 is 2.19 bits per heavy atom. The van der Waals surface area contributed by atoms with Gasteiger partial charge in [0, 0.05) is 24.0 Å². The number of nitrogens with one attached hydrogen (secondary N) is 1. The molecule has 0 unspecified atom stereocenters. The standard InChI is InChI=1S/C12H17N3O/c1-2-7-15-12(16)6-3-9-8-10(13)4-5-11(9)14/h3-6,8H,2,7,13-14H2,1H3,(H,15,16). The highest BCUT2D eigenvalue weighted by Crippen LogP contribution is 2.16. The van der Waals surface area contributed by atoms with Gasteiger partial charge in [0.25, 0.3) is 0 Å². The molecule has 0 saturated heterocycles. The fraction of sp³-hybridized carbons (Fsp3) is 0.250. The third-order valence-electron chi connectivity index (χ3n) is 2.07. The predicted octanol–water partition coefficient (Wildman–Crippen LogP) is 1.39. The van der Waals surface area contributed by atoms with Crippen LogP contribution in [0, 0.1) is 0 Å². The minimum absolute atomic E-state index is 0.122. The molecule has 4 nitrogen and oxygen atoms in total. The second-order valence-corrected chi connectivity index (χ2v) is 3.51. The van der Waals surface area contributed by atoms with Gasteiger partial charge in [-0.05, 0) is 36.3 Å². The van der Waals surface area contributed by atoms with Gasteiger partial charge >= 0.3 is 0 Å². The fourth-order valence-corrected chi connectivity index (χ4v) is 1.21. The van der Waals surface area contributed by atoms with E-state index >= 15 is 0 Å². The maximum atomic E-state index is 11.3. The molecule has 0 heterocycles. The lowest BCUT2D eigenvalue weighted by Crippen LogP contribution is -2.21. The van der Waals surface area contributed by atoms with Gasteiger partial charge in [-0.3, -0.25) is 4.79 Å². The third-order valence-corrected chi connectivity index (χ3v) is 2.07. The lowest BCUT2D eigenvalue weighted by atomic mass is 10.1. The van der Waals surface area contributed by atoms with Gasteiger partial charge in [-0.25, -0.2) is 0 Å². The second kappa shape index (κ2) is 5.80. The van der Waals surface area contributed by atoms with Crippen molar-refractivity contribution < 1.29 is 4.79 Å². The summed E-state index contributed by atoms with van der Waals surface area (Å²) in [4.78, 5) is 11.3. The summed E-state index contributed by atoms with van der Waals surface area (Å²) in [5.74, 6) is -0.122. The molecule has 5 N–H and O–H groups in total. The Balaban J connectivity index is 2.68. The van der Waals surface area contributed by atoms with Crippen LogP contribution in [0.25, 0.3) is 6.08 Å². The Hall–Kier alpha value is -1.97. The number of carbonyl (C=O) groups excluding carboxylic acids is 1. The largest absolute Gasteiger partial charge is 0.399 e. The van der Waals surface area contributed by atoms with Crippen molar-refractivity contribution in [3.63, 3.8) is 0 Å². The van der Waals surface area contributed by atoms with E-state index in [9.17, 15) is 4.79 Å². The van der Waals surface area contributed by atoms with Gasteiger partial charge in [0.1, 0.15) is 0 Å². The molecule has 1 aromatic carbocycles. The number of hydrogen-bond acceptors (Lipinski definition) is 3. The Morgan fingerprint density at radius 3 is 2.88 bits per heavy atom. The van der Waals surface area contributed by atoms with Crippen LogP contribution in [-0.2, 0) is 4.79 Å². The smallest absolute Gasteiger partial charge is 0.244 e. The van der Waals surface area contributed by atoms with Gasteiger partial charge in [-0.1, -0.05) is 6.92 Å². The molecule has 0 aliphatic rings. The lowest BCUT2D eigenvalue weighted by Gasteiger charge is -2.02. The maximum absolute atomic E-state index is 11.3. The predicted molar refractivity (Wildman–Crippen MR) is 67.6 cm³/mol. The van der Waals surface area contributed by atoms with Crippen LogP contribution >= 0.6 is 0 Å². The SMILES string of the molecule is CCCNC(=O)C=Cc1cc(N)ccc1N. The summed E-state index contributed by atoms with van der Waals surface area (Å²) in [7, 11) is 0. The maximum Gasteiger partial charge on any atom is 0.244 e. The van der Waals surface area contributed by atoms with Crippen LogP contribution in [-0.4, -0.2) is 12.5 Å². The van der Waals surface area contributed by atoms with Crippen molar-refractivity contribution in [1.29, 1.82) is 0 Å². The highest BCUT2D eigenvalue weighted by Gasteiger charge is 1.97. The van der Waals surface area contributed by atoms with E-state index in [0.717, 1.165) is 12.0 Å². The lowest BCUT2D eigenvalue weighted by molar-refractivity contribution is -0.116. The molecule has 0 aliphatic heterocycles. The van der Waals surface area contributed by atoms with Crippen molar-refractivity contribution in [1.82, 2.24) is 5.32 Å². The number of nitrogens with two attached hydrogens (primary N) is 2. The molecule has 1 aromatic rings. The van der Waals surface area contributed by atoms with Gasteiger partial charge in [0.2, 0.25) is 5.91 Å². The minimum Gasteiger partial charge on any atom is -0.399 e. The average molecular weight is 219 g/mol. The summed E-state index contributed by atoms with van der Waals surface area (Å²) in [5, 5.41) is 2.74. The molecule has 0 aliphatic carbocycles. The molecule has 16 heavy (non-hydrogen) atoms. The molecular weight excluding hydrogens is 202 g/mol. The summed E-state index contributed by atoms with van der Waals surface area (Å²) in [6.07, 6.45) is 4.04. The van der Waals surface area contributed by atoms with Crippen LogP contribution in [0.5, 0.6) is 0 Å². The van der Waals surface area contributed by atoms with Crippen LogP contribution in [0.4, 0.5) is 11.4 Å². The molecule has 0 atom stereocenters. The number of hydrogen-bond donors (Lipinski definition) is 3. The molecule has 86 valence electrons. The minimum atomic E-state index is -0.122. The highest BCUT2D eigenvalue weighted by atomic mass is 16.1. The van der Waals surface area contributed by atoms with Crippen molar-refractivity contribution in [2.45, 2.75) is 13.3 Å². The molecule has 0 radical (unpaired) electrons. The van der Waals surface area contributed by atoms with Crippen molar-refractivity contribution >= 4 is 23.4 Å². The molecule has 0 spiro atoms. The van der Waals surface area contributed by atoms with Crippen LogP contribution in [0.2, 0.25) is 0 Å². The molecule has 4 heteroatoms. The first-order valence-corrected chi connectivity index (χ1v) is 5.24. The Morgan fingerprint density at radius 1 is 1.44 bits per heavy atom. The normalized spacial score (nSPS) is 10.6. The number of carbonyl (C=O) groups is 1. The van der Waals surface area contributed by atoms with Crippen molar-refractivity contribution in [2.24, 2.45) is 0 Å². The monoisotopic (exact) mass is 219 g/mol. The zero-order chi connectivity index (χ0) is 12.0. The van der Waals surface area contributed by atoms with Gasteiger partial charge in [0.05, 0.1) is 0 Å². The first kappa shape index (κ1) is 12.1. The van der Waals surface area contributed by atoms with Crippen molar-refractivity contribution in [2.75, 3.05) is 18.0 Å². The van der Waals surface area contributed by atoms with Crippen molar-refractivity contribution in [3.8, 4) is 0 Å². The molecule has 1 amide bonds. The van der Waals surface area contributed by atoms with E-state index in [1.807, 2.05) is 6.92 Å². The second-order valence-electron chi connectivity index (χ2n) is 3.51. The molecule has 1 rings (SSSR count). The first-order valence-electron chi connectivity index (χ1n) is 5.24. The van der Waals surface area contributed by atoms with Crippen LogP contribution < -0.4 is 16.8 Å². The quantitative estimate of drug-likeness (QED) is 0.528. The van der Waals surface area contributed by atoms with Crippen LogP contribution in [0.1, 0.15) is 18.9 Å². The number of anilines is 2. The summed E-state index contributed by atoms with van der Waals surface area (Å²) < 4.78 is 0. The van der Waals surface area contributed by atoms with E-state index in [0.29, 0.717) is 17.9 Å². The molecule has 0 bridgehead atoms. The van der Waals surface area contributed by atoms with E-state index in [2.05, 4.69) is 5.32 Å². The summed E-state index contributed by atoms with van der Waals surface area (Å²) in [6.45, 7) is 2.68. The number of amides is 1. The third kappa shape index (κ3) is 3.65. The zero-order valence-corrected chi connectivity index (χ0v) is 9.36. The number of rotatable bonds is 4. The van der Waals surface area contributed by atoms with E-state index in [4.69, 9.17) is 11.5 Å². The number of benzene rings is 1. The molecule has 0 saturated carbocycles. The van der Waals surface area contributed by atoms with Gasteiger partial charge in [-0.15, -0.1) is 0 Å². The fourth-order valence-electron chi connectivity index (χ4n) is 1.21. The van der Waals surface area contributed by atoms with Gasteiger partial charge in [-0.2, -0.15) is 0 Å². The highest BCUT2D eigenvalue weighted by molar-refractivity contribution is 5.92. The van der Waals surface area contributed by atoms with Crippen LogP contribution in [0.3, 0.4) is 0 Å². The number of nitrogen functional groups attached to an aromatic ring is 2. The topological polar surface area (TPSA) is 81.1 Å². The van der Waals surface area contributed by atoms with E-state index in [-0.39, 0.29) is 5.91 Å². The van der Waals surface area contributed by atoms with Crippen molar-refractivity contribution in [3.05, 3.63) is 29.8 Å². The zero-order valence-electron chi connectivity index (χ0n) is 9.36. The van der Waals surface area contributed by atoms with E-state index < -0.39 is 0 Å². The van der Waals surface area contributed by atoms with Crippen LogP contribution in [0.15, 0.2) is 24.3 Å². The molecule has 0 fully saturated rings. The Kier molecular flexibility index (Phi) is 4.39. The summed E-state index contributed by atoms with van der Waals surface area (Å²) in [6, 6.07) is 5.18. The summed E-state index contributed by atoms with van der Waals surface area (Å²) >= 11 is 0. The average Bonchev–Trinajstić information content (AvgIpc) is 2.27. The first-order chi connectivity index (χ1) is 7.63. The van der Waals surface area contributed by atoms with Gasteiger partial charge in [0.15, 0.2) is 0 Å². The van der Waals surface area contributed by atoms with Gasteiger partial charge < -0.3 is 16.8 Å².